The summed E-state index contributed by atoms with van der Waals surface area (Å²) in [6.45, 7) is 2.29. The molecule has 0 aromatic carbocycles. The molecule has 0 heterocycles. The van der Waals surface area contributed by atoms with Gasteiger partial charge in [-0.2, -0.15) is 0 Å². The molecule has 0 atom stereocenters. The van der Waals surface area contributed by atoms with Crippen molar-refractivity contribution in [2.24, 2.45) is 0 Å². The van der Waals surface area contributed by atoms with Crippen molar-refractivity contribution in [2.75, 3.05) is 18.3 Å². The number of hydrogen-bond acceptors (Lipinski definition) is 0. The van der Waals surface area contributed by atoms with Crippen LogP contribution in [0.1, 0.15) is 96.8 Å². The smallest absolute Gasteiger partial charge is 0.107 e. The lowest BCUT2D eigenvalue weighted by Crippen LogP contribution is -3.00. The summed E-state index contributed by atoms with van der Waals surface area (Å²) in [4.78, 5) is 0. The molecular formula is C18H39ClS. The molecule has 0 spiro atoms. The second-order valence-electron chi connectivity index (χ2n) is 6.29. The monoisotopic (exact) mass is 322 g/mol. The van der Waals surface area contributed by atoms with E-state index in [1.54, 1.807) is 0 Å². The highest BCUT2D eigenvalue weighted by atomic mass is 35.5. The van der Waals surface area contributed by atoms with Crippen molar-refractivity contribution in [1.29, 1.82) is 0 Å². The van der Waals surface area contributed by atoms with E-state index in [0.29, 0.717) is 10.9 Å². The first kappa shape index (κ1) is 22.9. The van der Waals surface area contributed by atoms with Crippen LogP contribution in [-0.2, 0) is 10.9 Å². The van der Waals surface area contributed by atoms with Crippen LogP contribution in [0.3, 0.4) is 0 Å². The number of unbranched alkanes of at least 4 members (excludes halogenated alkanes) is 13. The van der Waals surface area contributed by atoms with Crippen molar-refractivity contribution in [2.45, 2.75) is 96.8 Å². The summed E-state index contributed by atoms with van der Waals surface area (Å²) in [6.07, 6.45) is 25.3. The van der Waals surface area contributed by atoms with Crippen LogP contribution in [0.2, 0.25) is 0 Å². The van der Waals surface area contributed by atoms with Crippen LogP contribution in [0.4, 0.5) is 0 Å². The van der Waals surface area contributed by atoms with E-state index in [1.807, 2.05) is 0 Å². The molecule has 0 nitrogen and oxygen atoms in total. The van der Waals surface area contributed by atoms with Crippen LogP contribution < -0.4 is 12.4 Å². The van der Waals surface area contributed by atoms with Crippen molar-refractivity contribution in [3.8, 4) is 0 Å². The van der Waals surface area contributed by atoms with Gasteiger partial charge in [0.25, 0.3) is 0 Å². The van der Waals surface area contributed by atoms with E-state index < -0.39 is 0 Å². The van der Waals surface area contributed by atoms with Crippen molar-refractivity contribution < 1.29 is 12.4 Å². The average Bonchev–Trinajstić information content (AvgIpc) is 2.39. The zero-order chi connectivity index (χ0) is 14.2. The quantitative estimate of drug-likeness (QED) is 0.320. The Kier molecular flexibility index (Phi) is 22.5. The first-order valence-corrected chi connectivity index (χ1v) is 11.0. The van der Waals surface area contributed by atoms with Crippen LogP contribution in [0.25, 0.3) is 0 Å². The molecule has 0 aliphatic carbocycles. The predicted octanol–water partition coefficient (Wildman–Crippen LogP) is 3.35. The van der Waals surface area contributed by atoms with Crippen LogP contribution in [0.15, 0.2) is 0 Å². The molecule has 0 amide bonds. The van der Waals surface area contributed by atoms with E-state index >= 15 is 0 Å². The van der Waals surface area contributed by atoms with Crippen LogP contribution in [0, 0.1) is 0 Å². The summed E-state index contributed by atoms with van der Waals surface area (Å²) in [5.41, 5.74) is 0. The minimum absolute atomic E-state index is 0. The molecule has 20 heavy (non-hydrogen) atoms. The summed E-state index contributed by atoms with van der Waals surface area (Å²) in [7, 11) is 0.668. The standard InChI is InChI=1S/C18H39S.ClH/c1-4-5-6-7-8-9-10-11-12-13-14-15-16-17-18-19(2)3;/h4-18H2,1-3H3;1H/q+1;/p-1. The fourth-order valence-corrected chi connectivity index (χ4v) is 3.37. The Morgan fingerprint density at radius 1 is 0.500 bits per heavy atom. The summed E-state index contributed by atoms with van der Waals surface area (Å²) in [5.74, 6) is 1.46. The van der Waals surface area contributed by atoms with E-state index in [4.69, 9.17) is 0 Å². The van der Waals surface area contributed by atoms with Crippen molar-refractivity contribution >= 4 is 10.9 Å². The van der Waals surface area contributed by atoms with Gasteiger partial charge in [0, 0.05) is 0 Å². The number of rotatable bonds is 15. The van der Waals surface area contributed by atoms with Gasteiger partial charge < -0.3 is 12.4 Å². The topological polar surface area (TPSA) is 0 Å². The number of hydrogen-bond donors (Lipinski definition) is 0. The Balaban J connectivity index is 0. The maximum atomic E-state index is 2.36. The zero-order valence-electron chi connectivity index (χ0n) is 14.4. The molecule has 0 aromatic rings. The Morgan fingerprint density at radius 3 is 1.10 bits per heavy atom. The molecule has 0 rings (SSSR count). The van der Waals surface area contributed by atoms with Gasteiger partial charge in [-0.05, 0) is 23.7 Å². The molecule has 0 aliphatic heterocycles. The van der Waals surface area contributed by atoms with Crippen LogP contribution >= 0.6 is 0 Å². The SMILES string of the molecule is CCCCCCCCCCCCCCCC[S+](C)C.[Cl-]. The third-order valence-electron chi connectivity index (χ3n) is 3.91. The molecule has 0 radical (unpaired) electrons. The highest BCUT2D eigenvalue weighted by Gasteiger charge is 2.00. The molecule has 0 N–H and O–H groups in total. The highest BCUT2D eigenvalue weighted by molar-refractivity contribution is 7.95. The lowest BCUT2D eigenvalue weighted by Gasteiger charge is -2.03. The summed E-state index contributed by atoms with van der Waals surface area (Å²) in [5, 5.41) is 0. The van der Waals surface area contributed by atoms with E-state index in [2.05, 4.69) is 19.4 Å². The summed E-state index contributed by atoms with van der Waals surface area (Å²) < 4.78 is 0. The van der Waals surface area contributed by atoms with Crippen LogP contribution in [0.5, 0.6) is 0 Å². The third-order valence-corrected chi connectivity index (χ3v) is 5.01. The maximum Gasteiger partial charge on any atom is 0.107 e. The molecule has 0 unspecified atom stereocenters. The Hall–Kier alpha value is 0.640. The first-order chi connectivity index (χ1) is 9.27. The molecule has 2 heteroatoms. The van der Waals surface area contributed by atoms with Crippen LogP contribution in [-0.4, -0.2) is 18.3 Å². The van der Waals surface area contributed by atoms with Crippen molar-refractivity contribution in [3.63, 3.8) is 0 Å². The van der Waals surface area contributed by atoms with E-state index in [9.17, 15) is 0 Å². The first-order valence-electron chi connectivity index (χ1n) is 8.81. The van der Waals surface area contributed by atoms with Gasteiger partial charge in [-0.25, -0.2) is 0 Å². The minimum Gasteiger partial charge on any atom is -1.00 e. The second kappa shape index (κ2) is 19.6. The number of halogens is 1. The third kappa shape index (κ3) is 20.9. The molecule has 0 bridgehead atoms. The fourth-order valence-electron chi connectivity index (χ4n) is 2.59. The Bertz CT molecular complexity index is 159. The van der Waals surface area contributed by atoms with E-state index in [0.717, 1.165) is 0 Å². The highest BCUT2D eigenvalue weighted by Crippen LogP contribution is 2.13. The lowest BCUT2D eigenvalue weighted by atomic mass is 10.0. The van der Waals surface area contributed by atoms with Gasteiger partial charge in [-0.1, -0.05) is 84.0 Å². The van der Waals surface area contributed by atoms with E-state index in [-0.39, 0.29) is 12.4 Å². The van der Waals surface area contributed by atoms with Gasteiger partial charge in [0.15, 0.2) is 0 Å². The fraction of sp³-hybridized carbons (Fsp3) is 1.00. The summed E-state index contributed by atoms with van der Waals surface area (Å²) in [6, 6.07) is 0. The Morgan fingerprint density at radius 2 is 0.800 bits per heavy atom. The summed E-state index contributed by atoms with van der Waals surface area (Å²) >= 11 is 0. The average molecular weight is 323 g/mol. The molecule has 0 aromatic heterocycles. The molecular weight excluding hydrogens is 284 g/mol. The molecule has 124 valence electrons. The lowest BCUT2D eigenvalue weighted by molar-refractivity contribution is -0.00000439. The largest absolute Gasteiger partial charge is 1.00 e. The van der Waals surface area contributed by atoms with E-state index in [1.165, 1.54) is 95.6 Å². The van der Waals surface area contributed by atoms with Gasteiger partial charge >= 0.3 is 0 Å². The maximum absolute atomic E-state index is 2.36. The van der Waals surface area contributed by atoms with Gasteiger partial charge in [0.2, 0.25) is 0 Å². The second-order valence-corrected chi connectivity index (χ2v) is 8.67. The molecule has 0 saturated carbocycles. The van der Waals surface area contributed by atoms with Crippen molar-refractivity contribution in [1.82, 2.24) is 0 Å². The Labute approximate surface area is 138 Å². The minimum atomic E-state index is 0. The molecule has 0 aliphatic rings. The van der Waals surface area contributed by atoms with Gasteiger partial charge in [0.05, 0.1) is 12.5 Å². The molecule has 0 fully saturated rings. The zero-order valence-corrected chi connectivity index (χ0v) is 16.0. The normalized spacial score (nSPS) is 10.8. The van der Waals surface area contributed by atoms with Gasteiger partial charge in [0.1, 0.15) is 5.75 Å². The van der Waals surface area contributed by atoms with Crippen molar-refractivity contribution in [3.05, 3.63) is 0 Å². The van der Waals surface area contributed by atoms with Gasteiger partial charge in [-0.15, -0.1) is 0 Å². The molecule has 0 saturated heterocycles. The van der Waals surface area contributed by atoms with Gasteiger partial charge in [-0.3, -0.25) is 0 Å². The predicted molar refractivity (Wildman–Crippen MR) is 94.4 cm³/mol.